The van der Waals surface area contributed by atoms with Gasteiger partial charge in [0.15, 0.2) is 0 Å². The lowest BCUT2D eigenvalue weighted by Gasteiger charge is -2.36. The van der Waals surface area contributed by atoms with E-state index in [1.807, 2.05) is 0 Å². The van der Waals surface area contributed by atoms with Crippen LogP contribution in [0.25, 0.3) is 0 Å². The standard InChI is InChI=1S/C17H26/c1-13(2)6-4-8-15-10-11-17-14(3)7-5-9-16(17)12-15/h6,10,16-17H,3-5,7-9,11-12H2,1-2H3/t16-,17-/m0/s1. The summed E-state index contributed by atoms with van der Waals surface area (Å²) in [6, 6.07) is 0. The molecule has 0 unspecified atom stereocenters. The third kappa shape index (κ3) is 3.34. The van der Waals surface area contributed by atoms with Crippen LogP contribution >= 0.6 is 0 Å². The van der Waals surface area contributed by atoms with Crippen LogP contribution in [-0.4, -0.2) is 0 Å². The van der Waals surface area contributed by atoms with Crippen LogP contribution in [0.15, 0.2) is 35.5 Å². The summed E-state index contributed by atoms with van der Waals surface area (Å²) >= 11 is 0. The molecule has 2 aliphatic carbocycles. The molecule has 0 aromatic heterocycles. The zero-order chi connectivity index (χ0) is 12.3. The van der Waals surface area contributed by atoms with E-state index in [9.17, 15) is 0 Å². The largest absolute Gasteiger partial charge is 0.0996 e. The highest BCUT2D eigenvalue weighted by atomic mass is 14.3. The number of rotatable bonds is 3. The van der Waals surface area contributed by atoms with Gasteiger partial charge in [-0.2, -0.15) is 0 Å². The summed E-state index contributed by atoms with van der Waals surface area (Å²) in [6.07, 6.45) is 14.1. The quantitative estimate of drug-likeness (QED) is 0.567. The molecule has 0 heterocycles. The van der Waals surface area contributed by atoms with E-state index in [1.165, 1.54) is 56.1 Å². The van der Waals surface area contributed by atoms with Crippen LogP contribution in [0, 0.1) is 11.8 Å². The lowest BCUT2D eigenvalue weighted by atomic mass is 9.69. The summed E-state index contributed by atoms with van der Waals surface area (Å²) in [5.41, 5.74) is 4.68. The molecule has 2 rings (SSSR count). The predicted octanol–water partition coefficient (Wildman–Crippen LogP) is 5.43. The highest BCUT2D eigenvalue weighted by Gasteiger charge is 2.30. The molecular weight excluding hydrogens is 204 g/mol. The van der Waals surface area contributed by atoms with E-state index >= 15 is 0 Å². The molecule has 0 amide bonds. The first-order chi connectivity index (χ1) is 8.16. The second-order valence-electron chi connectivity index (χ2n) is 6.04. The normalized spacial score (nSPS) is 28.4. The van der Waals surface area contributed by atoms with Crippen molar-refractivity contribution in [3.8, 4) is 0 Å². The molecule has 0 bridgehead atoms. The third-order valence-electron chi connectivity index (χ3n) is 4.37. The van der Waals surface area contributed by atoms with Crippen molar-refractivity contribution in [2.75, 3.05) is 0 Å². The van der Waals surface area contributed by atoms with E-state index in [2.05, 4.69) is 32.6 Å². The zero-order valence-corrected chi connectivity index (χ0v) is 11.5. The first-order valence-electron chi connectivity index (χ1n) is 7.15. The fraction of sp³-hybridized carbons (Fsp3) is 0.647. The summed E-state index contributed by atoms with van der Waals surface area (Å²) in [7, 11) is 0. The molecule has 1 fully saturated rings. The van der Waals surface area contributed by atoms with Gasteiger partial charge in [0.25, 0.3) is 0 Å². The number of fused-ring (bicyclic) bond motifs is 1. The maximum Gasteiger partial charge on any atom is -0.0140 e. The van der Waals surface area contributed by atoms with Crippen LogP contribution in [0.1, 0.15) is 58.8 Å². The Morgan fingerprint density at radius 2 is 2.29 bits per heavy atom. The topological polar surface area (TPSA) is 0 Å². The van der Waals surface area contributed by atoms with Gasteiger partial charge in [-0.15, -0.1) is 0 Å². The Morgan fingerprint density at radius 1 is 1.47 bits per heavy atom. The molecule has 1 saturated carbocycles. The van der Waals surface area contributed by atoms with Gasteiger partial charge in [-0.25, -0.2) is 0 Å². The Hall–Kier alpha value is -0.780. The molecule has 0 spiro atoms. The molecule has 0 aliphatic heterocycles. The Morgan fingerprint density at radius 3 is 3.06 bits per heavy atom. The van der Waals surface area contributed by atoms with Crippen molar-refractivity contribution < 1.29 is 0 Å². The summed E-state index contributed by atoms with van der Waals surface area (Å²) in [5, 5.41) is 0. The van der Waals surface area contributed by atoms with E-state index in [0.717, 1.165) is 11.8 Å². The van der Waals surface area contributed by atoms with Gasteiger partial charge >= 0.3 is 0 Å². The number of hydrogen-bond acceptors (Lipinski definition) is 0. The second kappa shape index (κ2) is 5.71. The van der Waals surface area contributed by atoms with E-state index in [0.29, 0.717) is 0 Å². The van der Waals surface area contributed by atoms with Crippen molar-refractivity contribution in [2.45, 2.75) is 58.8 Å². The fourth-order valence-electron chi connectivity index (χ4n) is 3.38. The minimum atomic E-state index is 0.816. The number of allylic oxidation sites excluding steroid dienone is 5. The maximum absolute atomic E-state index is 4.27. The van der Waals surface area contributed by atoms with Crippen LogP contribution in [0.4, 0.5) is 0 Å². The second-order valence-corrected chi connectivity index (χ2v) is 6.04. The lowest BCUT2D eigenvalue weighted by molar-refractivity contribution is 0.287. The molecule has 94 valence electrons. The maximum atomic E-state index is 4.27. The summed E-state index contributed by atoms with van der Waals surface area (Å²) in [6.45, 7) is 8.65. The molecule has 0 N–H and O–H groups in total. The minimum Gasteiger partial charge on any atom is -0.0996 e. The summed E-state index contributed by atoms with van der Waals surface area (Å²) in [5.74, 6) is 1.74. The molecule has 17 heavy (non-hydrogen) atoms. The summed E-state index contributed by atoms with van der Waals surface area (Å²) < 4.78 is 0. The fourth-order valence-corrected chi connectivity index (χ4v) is 3.38. The molecule has 0 nitrogen and oxygen atoms in total. The zero-order valence-electron chi connectivity index (χ0n) is 11.5. The predicted molar refractivity (Wildman–Crippen MR) is 76.0 cm³/mol. The molecule has 0 heteroatoms. The van der Waals surface area contributed by atoms with Gasteiger partial charge in [-0.05, 0) is 70.6 Å². The molecule has 0 saturated heterocycles. The summed E-state index contributed by atoms with van der Waals surface area (Å²) in [4.78, 5) is 0. The average molecular weight is 230 g/mol. The molecule has 0 aromatic rings. The molecular formula is C17H26. The van der Waals surface area contributed by atoms with Gasteiger partial charge in [0.1, 0.15) is 0 Å². The van der Waals surface area contributed by atoms with Gasteiger partial charge in [0.05, 0.1) is 0 Å². The first kappa shape index (κ1) is 12.7. The molecule has 2 aliphatic rings. The van der Waals surface area contributed by atoms with Crippen LogP contribution in [0.5, 0.6) is 0 Å². The van der Waals surface area contributed by atoms with Crippen LogP contribution < -0.4 is 0 Å². The van der Waals surface area contributed by atoms with E-state index in [4.69, 9.17) is 0 Å². The average Bonchev–Trinajstić information content (AvgIpc) is 2.29. The van der Waals surface area contributed by atoms with Crippen molar-refractivity contribution in [3.63, 3.8) is 0 Å². The highest BCUT2D eigenvalue weighted by molar-refractivity contribution is 5.18. The van der Waals surface area contributed by atoms with Crippen molar-refractivity contribution in [1.29, 1.82) is 0 Å². The van der Waals surface area contributed by atoms with Gasteiger partial charge in [-0.1, -0.05) is 35.5 Å². The van der Waals surface area contributed by atoms with Crippen LogP contribution in [0.2, 0.25) is 0 Å². The van der Waals surface area contributed by atoms with Crippen molar-refractivity contribution in [3.05, 3.63) is 35.5 Å². The number of hydrogen-bond donors (Lipinski definition) is 0. The van der Waals surface area contributed by atoms with Crippen LogP contribution in [-0.2, 0) is 0 Å². The van der Waals surface area contributed by atoms with Gasteiger partial charge < -0.3 is 0 Å². The van der Waals surface area contributed by atoms with Crippen molar-refractivity contribution in [1.82, 2.24) is 0 Å². The van der Waals surface area contributed by atoms with Gasteiger partial charge in [-0.3, -0.25) is 0 Å². The van der Waals surface area contributed by atoms with E-state index < -0.39 is 0 Å². The molecule has 0 radical (unpaired) electrons. The minimum absolute atomic E-state index is 0.816. The van der Waals surface area contributed by atoms with E-state index in [1.54, 1.807) is 5.57 Å². The Balaban J connectivity index is 1.90. The van der Waals surface area contributed by atoms with Gasteiger partial charge in [0, 0.05) is 0 Å². The Bertz CT molecular complexity index is 339. The van der Waals surface area contributed by atoms with Crippen LogP contribution in [0.3, 0.4) is 0 Å². The monoisotopic (exact) mass is 230 g/mol. The molecule has 2 atom stereocenters. The first-order valence-corrected chi connectivity index (χ1v) is 7.15. The van der Waals surface area contributed by atoms with Crippen molar-refractivity contribution >= 4 is 0 Å². The lowest BCUT2D eigenvalue weighted by Crippen LogP contribution is -2.24. The highest BCUT2D eigenvalue weighted by Crippen LogP contribution is 2.43. The molecule has 0 aromatic carbocycles. The smallest absolute Gasteiger partial charge is 0.0140 e. The SMILES string of the molecule is C=C1CCC[C@H]2CC(CCC=C(C)C)=CC[C@@H]12. The van der Waals surface area contributed by atoms with E-state index in [-0.39, 0.29) is 0 Å². The van der Waals surface area contributed by atoms with Crippen molar-refractivity contribution in [2.24, 2.45) is 11.8 Å². The Kier molecular flexibility index (Phi) is 4.25. The Labute approximate surface area is 106 Å². The third-order valence-corrected chi connectivity index (χ3v) is 4.37. The van der Waals surface area contributed by atoms with Gasteiger partial charge in [0.2, 0.25) is 0 Å².